The number of rotatable bonds is 8. The van der Waals surface area contributed by atoms with Crippen molar-refractivity contribution in [3.63, 3.8) is 0 Å². The third kappa shape index (κ3) is 4.52. The van der Waals surface area contributed by atoms with Crippen molar-refractivity contribution in [2.24, 2.45) is 5.92 Å². The van der Waals surface area contributed by atoms with Gasteiger partial charge in [-0.15, -0.1) is 0 Å². The van der Waals surface area contributed by atoms with Crippen molar-refractivity contribution in [2.45, 2.75) is 46.2 Å². The standard InChI is InChI=1S/C20H27ClN6O3/c1-9(2)13(8-28)23-20-24-17-16(10(3)4)26-27-18(17)19(25-20)22-7-11-5-15(30)12(21)6-14(11)29/h5-6,9-10,13,28-30H,7-8H2,1-4H3,(H,26,27)(H2,22,23,24,25). The highest BCUT2D eigenvalue weighted by molar-refractivity contribution is 6.32. The van der Waals surface area contributed by atoms with Crippen molar-refractivity contribution in [1.82, 2.24) is 20.2 Å². The zero-order valence-corrected chi connectivity index (χ0v) is 18.1. The number of phenols is 2. The largest absolute Gasteiger partial charge is 0.508 e. The molecule has 0 bridgehead atoms. The molecular weight excluding hydrogens is 408 g/mol. The van der Waals surface area contributed by atoms with Crippen molar-refractivity contribution >= 4 is 34.4 Å². The Morgan fingerprint density at radius 3 is 2.43 bits per heavy atom. The van der Waals surface area contributed by atoms with E-state index in [1.165, 1.54) is 12.1 Å². The highest BCUT2D eigenvalue weighted by Crippen LogP contribution is 2.32. The lowest BCUT2D eigenvalue weighted by atomic mass is 10.1. The van der Waals surface area contributed by atoms with Gasteiger partial charge in [-0.2, -0.15) is 10.1 Å². The lowest BCUT2D eigenvalue weighted by Crippen LogP contribution is -2.30. The molecule has 2 aromatic heterocycles. The molecule has 0 spiro atoms. The van der Waals surface area contributed by atoms with Crippen LogP contribution in [0, 0.1) is 5.92 Å². The monoisotopic (exact) mass is 434 g/mol. The van der Waals surface area contributed by atoms with Crippen molar-refractivity contribution in [3.8, 4) is 11.5 Å². The first-order chi connectivity index (χ1) is 14.2. The predicted molar refractivity (Wildman–Crippen MR) is 117 cm³/mol. The van der Waals surface area contributed by atoms with Crippen LogP contribution in [0.1, 0.15) is 44.9 Å². The maximum absolute atomic E-state index is 10.1. The SMILES string of the molecule is CC(C)c1[nH]nc2c(NCc3cc(O)c(Cl)cc3O)nc(NC(CO)C(C)C)nc12. The molecule has 0 saturated heterocycles. The quantitative estimate of drug-likeness (QED) is 0.296. The molecule has 0 amide bonds. The number of aliphatic hydroxyl groups excluding tert-OH is 1. The molecule has 0 aliphatic rings. The third-order valence-corrected chi connectivity index (χ3v) is 5.22. The van der Waals surface area contributed by atoms with Gasteiger partial charge in [0.25, 0.3) is 0 Å². The minimum Gasteiger partial charge on any atom is -0.508 e. The lowest BCUT2D eigenvalue weighted by Gasteiger charge is -2.20. The molecule has 162 valence electrons. The van der Waals surface area contributed by atoms with Crippen LogP contribution in [0.25, 0.3) is 11.0 Å². The molecule has 0 aliphatic carbocycles. The molecule has 0 aliphatic heterocycles. The topological polar surface area (TPSA) is 139 Å². The van der Waals surface area contributed by atoms with Gasteiger partial charge in [0, 0.05) is 18.2 Å². The van der Waals surface area contributed by atoms with Gasteiger partial charge in [0.15, 0.2) is 11.3 Å². The molecule has 3 aromatic rings. The smallest absolute Gasteiger partial charge is 0.225 e. The van der Waals surface area contributed by atoms with Crippen LogP contribution in [0.4, 0.5) is 11.8 Å². The fourth-order valence-corrected chi connectivity index (χ4v) is 3.17. The molecule has 3 rings (SSSR count). The van der Waals surface area contributed by atoms with E-state index in [9.17, 15) is 15.3 Å². The molecular formula is C20H27ClN6O3. The summed E-state index contributed by atoms with van der Waals surface area (Å²) in [7, 11) is 0. The van der Waals surface area contributed by atoms with Gasteiger partial charge in [0.1, 0.15) is 17.0 Å². The van der Waals surface area contributed by atoms with E-state index in [1.807, 2.05) is 27.7 Å². The Bertz CT molecular complexity index is 1040. The van der Waals surface area contributed by atoms with Gasteiger partial charge >= 0.3 is 0 Å². The van der Waals surface area contributed by atoms with Crippen LogP contribution >= 0.6 is 11.6 Å². The summed E-state index contributed by atoms with van der Waals surface area (Å²) in [5.74, 6) is 1.00. The Hall–Kier alpha value is -2.78. The average Bonchev–Trinajstić information content (AvgIpc) is 3.11. The van der Waals surface area contributed by atoms with E-state index < -0.39 is 0 Å². The molecule has 0 radical (unpaired) electrons. The number of nitrogens with zero attached hydrogens (tertiary/aromatic N) is 3. The summed E-state index contributed by atoms with van der Waals surface area (Å²) in [6.45, 7) is 8.20. The number of hydrogen-bond acceptors (Lipinski definition) is 8. The number of aromatic nitrogens is 4. The first kappa shape index (κ1) is 21.9. The van der Waals surface area contributed by atoms with Gasteiger partial charge < -0.3 is 26.0 Å². The minimum atomic E-state index is -0.207. The van der Waals surface area contributed by atoms with E-state index in [1.54, 1.807) is 0 Å². The number of nitrogens with one attached hydrogen (secondary N) is 3. The number of phenolic OH excluding ortho intramolecular Hbond substituents is 2. The molecule has 10 heteroatoms. The van der Waals surface area contributed by atoms with Gasteiger partial charge in [0.05, 0.1) is 23.4 Å². The van der Waals surface area contributed by atoms with Crippen LogP contribution in [-0.2, 0) is 6.54 Å². The Labute approximate surface area is 179 Å². The highest BCUT2D eigenvalue weighted by atomic mass is 35.5. The van der Waals surface area contributed by atoms with E-state index in [2.05, 4.69) is 30.8 Å². The molecule has 0 fully saturated rings. The average molecular weight is 435 g/mol. The second kappa shape index (κ2) is 8.93. The van der Waals surface area contributed by atoms with Gasteiger partial charge in [-0.05, 0) is 17.9 Å². The molecule has 6 N–H and O–H groups in total. The zero-order valence-electron chi connectivity index (χ0n) is 17.4. The first-order valence-electron chi connectivity index (χ1n) is 9.78. The number of halogens is 1. The molecule has 1 atom stereocenters. The summed E-state index contributed by atoms with van der Waals surface area (Å²) in [6, 6.07) is 2.48. The van der Waals surface area contributed by atoms with Crippen LogP contribution in [-0.4, -0.2) is 48.1 Å². The number of aromatic hydroxyl groups is 2. The van der Waals surface area contributed by atoms with Crippen LogP contribution in [0.5, 0.6) is 11.5 Å². The van der Waals surface area contributed by atoms with E-state index in [-0.39, 0.29) is 47.6 Å². The molecule has 1 unspecified atom stereocenters. The molecule has 30 heavy (non-hydrogen) atoms. The van der Waals surface area contributed by atoms with E-state index in [0.29, 0.717) is 28.4 Å². The Morgan fingerprint density at radius 2 is 1.80 bits per heavy atom. The second-order valence-electron chi connectivity index (χ2n) is 7.85. The normalized spacial score (nSPS) is 12.7. The van der Waals surface area contributed by atoms with Crippen LogP contribution < -0.4 is 10.6 Å². The van der Waals surface area contributed by atoms with Gasteiger partial charge in [-0.25, -0.2) is 4.98 Å². The maximum Gasteiger partial charge on any atom is 0.225 e. The zero-order chi connectivity index (χ0) is 22.0. The number of hydrogen-bond donors (Lipinski definition) is 6. The van der Waals surface area contributed by atoms with Crippen molar-refractivity contribution in [3.05, 3.63) is 28.4 Å². The predicted octanol–water partition coefficient (Wildman–Crippen LogP) is 3.58. The van der Waals surface area contributed by atoms with Crippen molar-refractivity contribution in [2.75, 3.05) is 17.2 Å². The van der Waals surface area contributed by atoms with E-state index in [4.69, 9.17) is 11.6 Å². The minimum absolute atomic E-state index is 0.0426. The molecule has 2 heterocycles. The second-order valence-corrected chi connectivity index (χ2v) is 8.26. The third-order valence-electron chi connectivity index (χ3n) is 4.91. The van der Waals surface area contributed by atoms with E-state index >= 15 is 0 Å². The summed E-state index contributed by atoms with van der Waals surface area (Å²) in [5, 5.41) is 43.4. The number of anilines is 2. The molecule has 1 aromatic carbocycles. The maximum atomic E-state index is 10.1. The summed E-state index contributed by atoms with van der Waals surface area (Å²) in [5.41, 5.74) is 2.56. The van der Waals surface area contributed by atoms with Crippen molar-refractivity contribution in [1.29, 1.82) is 0 Å². The van der Waals surface area contributed by atoms with Crippen LogP contribution in [0.2, 0.25) is 5.02 Å². The molecule has 0 saturated carbocycles. The van der Waals surface area contributed by atoms with Gasteiger partial charge in [0.2, 0.25) is 5.95 Å². The fraction of sp³-hybridized carbons (Fsp3) is 0.450. The summed E-state index contributed by atoms with van der Waals surface area (Å²) < 4.78 is 0. The number of fused-ring (bicyclic) bond motifs is 1. The van der Waals surface area contributed by atoms with E-state index in [0.717, 1.165) is 5.69 Å². The van der Waals surface area contributed by atoms with Crippen LogP contribution in [0.15, 0.2) is 12.1 Å². The number of aliphatic hydroxyl groups is 1. The number of H-pyrrole nitrogens is 1. The van der Waals surface area contributed by atoms with Gasteiger partial charge in [-0.3, -0.25) is 5.10 Å². The summed E-state index contributed by atoms with van der Waals surface area (Å²) in [6.07, 6.45) is 0. The number of aromatic amines is 1. The summed E-state index contributed by atoms with van der Waals surface area (Å²) in [4.78, 5) is 9.14. The first-order valence-corrected chi connectivity index (χ1v) is 10.2. The Balaban J connectivity index is 1.99. The van der Waals surface area contributed by atoms with Crippen molar-refractivity contribution < 1.29 is 15.3 Å². The highest BCUT2D eigenvalue weighted by Gasteiger charge is 2.20. The Morgan fingerprint density at radius 1 is 1.07 bits per heavy atom. The van der Waals surface area contributed by atoms with Gasteiger partial charge in [-0.1, -0.05) is 39.3 Å². The number of benzene rings is 1. The summed E-state index contributed by atoms with van der Waals surface area (Å²) >= 11 is 5.83. The Kier molecular flexibility index (Phi) is 6.52. The molecule has 9 nitrogen and oxygen atoms in total. The van der Waals surface area contributed by atoms with Crippen LogP contribution in [0.3, 0.4) is 0 Å². The fourth-order valence-electron chi connectivity index (χ4n) is 3.01. The lowest BCUT2D eigenvalue weighted by molar-refractivity contribution is 0.248.